The molecule has 2 aliphatic heterocycles. The number of hydrogen-bond donors (Lipinski definition) is 2. The molecule has 182 valence electrons. The van der Waals surface area contributed by atoms with Crippen LogP contribution in [-0.4, -0.2) is 59.7 Å². The molecule has 1 fully saturated rings. The summed E-state index contributed by atoms with van der Waals surface area (Å²) in [6.07, 6.45) is 4.84. The van der Waals surface area contributed by atoms with Crippen LogP contribution in [0.3, 0.4) is 0 Å². The Morgan fingerprint density at radius 3 is 2.63 bits per heavy atom. The summed E-state index contributed by atoms with van der Waals surface area (Å²) >= 11 is 2.86. The Hall–Kier alpha value is -3.22. The highest BCUT2D eigenvalue weighted by Gasteiger charge is 2.66. The van der Waals surface area contributed by atoms with Crippen LogP contribution in [0.2, 0.25) is 0 Å². The van der Waals surface area contributed by atoms with E-state index in [2.05, 4.69) is 4.98 Å². The van der Waals surface area contributed by atoms with E-state index in [0.29, 0.717) is 16.9 Å². The molecule has 0 saturated carbocycles. The summed E-state index contributed by atoms with van der Waals surface area (Å²) in [5.41, 5.74) is 0.297. The molecule has 0 radical (unpaired) electrons. The van der Waals surface area contributed by atoms with Crippen LogP contribution >= 0.6 is 23.1 Å². The van der Waals surface area contributed by atoms with E-state index < -0.39 is 40.3 Å². The van der Waals surface area contributed by atoms with Gasteiger partial charge in [-0.15, -0.1) is 11.3 Å². The number of thioether (sulfide) groups is 1. The number of amides is 1. The molecular weight excluding hydrogens is 492 g/mol. The number of carboxylic acid groups (broad SMARTS) is 1. The van der Waals surface area contributed by atoms with Crippen molar-refractivity contribution < 1.29 is 24.7 Å². The maximum atomic E-state index is 13.0. The molecule has 4 atom stereocenters. The molecule has 0 bridgehead atoms. The second-order valence-electron chi connectivity index (χ2n) is 9.01. The standard InChI is InChI=1S/C23H22N4O6S2/c1-11(28)16-19-23(2,8-12-4-6-13(7-5-12)27(32)33)17(18(21(30)31)26(19)20(16)29)14-10-25-15(35-14)9-24-22(25)34-3/h4-7,9-11,16,19,28H,8H2,1-3H3,(H,30,31)/t11-,16-,19-,23+/m1/s1. The van der Waals surface area contributed by atoms with Crippen LogP contribution in [0.5, 0.6) is 0 Å². The van der Waals surface area contributed by atoms with Crippen LogP contribution in [0.1, 0.15) is 24.3 Å². The number of aromatic nitrogens is 2. The minimum Gasteiger partial charge on any atom is -0.477 e. The minimum atomic E-state index is -1.21. The number of carboxylic acids is 1. The van der Waals surface area contributed by atoms with Gasteiger partial charge < -0.3 is 15.1 Å². The van der Waals surface area contributed by atoms with Crippen molar-refractivity contribution in [3.63, 3.8) is 0 Å². The van der Waals surface area contributed by atoms with E-state index >= 15 is 0 Å². The number of aliphatic hydroxyl groups is 1. The molecule has 1 aromatic carbocycles. The fourth-order valence-corrected chi connectivity index (χ4v) is 7.18. The lowest BCUT2D eigenvalue weighted by Gasteiger charge is -2.51. The molecule has 35 heavy (non-hydrogen) atoms. The van der Waals surface area contributed by atoms with Gasteiger partial charge in [0, 0.05) is 29.3 Å². The number of non-ortho nitro benzene ring substituents is 1. The van der Waals surface area contributed by atoms with Crippen molar-refractivity contribution in [2.45, 2.75) is 37.6 Å². The molecule has 2 aliphatic rings. The zero-order valence-corrected chi connectivity index (χ0v) is 20.7. The maximum Gasteiger partial charge on any atom is 0.352 e. The van der Waals surface area contributed by atoms with Crippen LogP contribution in [0.25, 0.3) is 10.4 Å². The molecule has 10 nitrogen and oxygen atoms in total. The molecule has 4 heterocycles. The molecule has 1 saturated heterocycles. The number of hydrogen-bond acceptors (Lipinski definition) is 8. The average molecular weight is 515 g/mol. The lowest BCUT2D eigenvalue weighted by molar-refractivity contribution is -0.384. The molecule has 0 spiro atoms. The van der Waals surface area contributed by atoms with E-state index in [0.717, 1.165) is 15.6 Å². The minimum absolute atomic E-state index is 0.0416. The number of β-lactam (4-membered cyclic amide) rings is 1. The summed E-state index contributed by atoms with van der Waals surface area (Å²) in [5, 5.41) is 32.5. The summed E-state index contributed by atoms with van der Waals surface area (Å²) in [6, 6.07) is 5.56. The van der Waals surface area contributed by atoms with Crippen molar-refractivity contribution in [1.29, 1.82) is 0 Å². The largest absolute Gasteiger partial charge is 0.477 e. The van der Waals surface area contributed by atoms with Gasteiger partial charge in [-0.25, -0.2) is 9.78 Å². The Morgan fingerprint density at radius 2 is 2.06 bits per heavy atom. The highest BCUT2D eigenvalue weighted by Crippen LogP contribution is 2.59. The third kappa shape index (κ3) is 3.39. The summed E-state index contributed by atoms with van der Waals surface area (Å²) < 4.78 is 1.90. The van der Waals surface area contributed by atoms with Gasteiger partial charge in [0.15, 0.2) is 5.16 Å². The molecule has 1 amide bonds. The molecule has 2 N–H and O–H groups in total. The number of carbonyl (C=O) groups excluding carboxylic acids is 1. The molecular formula is C23H22N4O6S2. The Bertz CT molecular complexity index is 1410. The number of aliphatic hydroxyl groups excluding tert-OH is 1. The zero-order chi connectivity index (χ0) is 25.2. The van der Waals surface area contributed by atoms with E-state index in [1.54, 1.807) is 18.3 Å². The van der Waals surface area contributed by atoms with Crippen molar-refractivity contribution in [3.8, 4) is 0 Å². The van der Waals surface area contributed by atoms with E-state index in [9.17, 15) is 29.9 Å². The fourth-order valence-electron chi connectivity index (χ4n) is 5.46. The van der Waals surface area contributed by atoms with Crippen LogP contribution < -0.4 is 0 Å². The normalized spacial score (nSPS) is 24.6. The SMILES string of the molecule is CSc1ncc2sc(C3=C(C(=O)O)N4C(=O)[C@H]([C@@H](C)O)[C@@H]4[C@@]3(C)Cc3ccc([N+](=O)[O-])cc3)cn12. The van der Waals surface area contributed by atoms with E-state index in [1.165, 1.54) is 47.1 Å². The van der Waals surface area contributed by atoms with Crippen LogP contribution in [0.15, 0.2) is 47.5 Å². The van der Waals surface area contributed by atoms with Gasteiger partial charge in [-0.3, -0.25) is 19.3 Å². The first-order chi connectivity index (χ1) is 16.6. The Balaban J connectivity index is 1.69. The summed E-state index contributed by atoms with van der Waals surface area (Å²) in [7, 11) is 0. The first-order valence-electron chi connectivity index (χ1n) is 10.8. The highest BCUT2D eigenvalue weighted by molar-refractivity contribution is 7.98. The summed E-state index contributed by atoms with van der Waals surface area (Å²) in [5.74, 6) is -2.38. The molecule has 0 aliphatic carbocycles. The van der Waals surface area contributed by atoms with Crippen LogP contribution in [0.4, 0.5) is 5.69 Å². The number of benzene rings is 1. The van der Waals surface area contributed by atoms with Gasteiger partial charge in [-0.2, -0.15) is 0 Å². The van der Waals surface area contributed by atoms with E-state index in [1.807, 2.05) is 23.8 Å². The van der Waals surface area contributed by atoms with Gasteiger partial charge in [-0.05, 0) is 25.2 Å². The van der Waals surface area contributed by atoms with Gasteiger partial charge >= 0.3 is 5.97 Å². The molecule has 3 aromatic rings. The van der Waals surface area contributed by atoms with Gasteiger partial charge in [0.2, 0.25) is 5.91 Å². The summed E-state index contributed by atoms with van der Waals surface area (Å²) in [6.45, 7) is 3.44. The number of rotatable bonds is 7. The zero-order valence-electron chi connectivity index (χ0n) is 19.0. The van der Waals surface area contributed by atoms with E-state index in [-0.39, 0.29) is 11.4 Å². The number of imidazole rings is 1. The molecule has 12 heteroatoms. The topological polar surface area (TPSA) is 138 Å². The number of nitro groups is 1. The maximum absolute atomic E-state index is 13.0. The number of nitrogens with zero attached hydrogens (tertiary/aromatic N) is 4. The first kappa shape index (κ1) is 23.5. The number of carbonyl (C=O) groups is 2. The second-order valence-corrected chi connectivity index (χ2v) is 10.9. The molecule has 0 unspecified atom stereocenters. The van der Waals surface area contributed by atoms with Gasteiger partial charge in [-0.1, -0.05) is 30.8 Å². The third-order valence-electron chi connectivity index (χ3n) is 6.90. The van der Waals surface area contributed by atoms with Gasteiger partial charge in [0.05, 0.1) is 34.1 Å². The number of aliphatic carboxylic acids is 1. The molecule has 5 rings (SSSR count). The predicted octanol–water partition coefficient (Wildman–Crippen LogP) is 3.29. The predicted molar refractivity (Wildman–Crippen MR) is 130 cm³/mol. The van der Waals surface area contributed by atoms with E-state index in [4.69, 9.17) is 0 Å². The number of fused-ring (bicyclic) bond motifs is 2. The first-order valence-corrected chi connectivity index (χ1v) is 12.9. The third-order valence-corrected chi connectivity index (χ3v) is 8.61. The number of thiazole rings is 1. The lowest BCUT2D eigenvalue weighted by Crippen LogP contribution is -2.66. The van der Waals surface area contributed by atoms with Crippen LogP contribution in [0, 0.1) is 21.4 Å². The van der Waals surface area contributed by atoms with Crippen molar-refractivity contribution in [2.24, 2.45) is 11.3 Å². The fraction of sp³-hybridized carbons (Fsp3) is 0.348. The quantitative estimate of drug-likeness (QED) is 0.212. The molecule has 2 aromatic heterocycles. The van der Waals surface area contributed by atoms with Crippen molar-refractivity contribution >= 4 is 51.1 Å². The highest BCUT2D eigenvalue weighted by atomic mass is 32.2. The second kappa shape index (κ2) is 8.18. The van der Waals surface area contributed by atoms with Gasteiger partial charge in [0.25, 0.3) is 5.69 Å². The van der Waals surface area contributed by atoms with Crippen molar-refractivity contribution in [3.05, 3.63) is 62.9 Å². The number of nitro benzene ring substituents is 1. The van der Waals surface area contributed by atoms with Crippen LogP contribution in [-0.2, 0) is 16.0 Å². The Morgan fingerprint density at radius 1 is 1.37 bits per heavy atom. The smallest absolute Gasteiger partial charge is 0.352 e. The van der Waals surface area contributed by atoms with Crippen molar-refractivity contribution in [2.75, 3.05) is 6.26 Å². The van der Waals surface area contributed by atoms with Crippen molar-refractivity contribution in [1.82, 2.24) is 14.3 Å². The lowest BCUT2D eigenvalue weighted by atomic mass is 9.64. The monoisotopic (exact) mass is 514 g/mol. The Labute approximate surface area is 208 Å². The van der Waals surface area contributed by atoms with Gasteiger partial charge in [0.1, 0.15) is 10.5 Å². The summed E-state index contributed by atoms with van der Waals surface area (Å²) in [4.78, 5) is 43.4. The average Bonchev–Trinajstić information content (AvgIpc) is 3.42. The Kier molecular flexibility index (Phi) is 5.49.